The van der Waals surface area contributed by atoms with Crippen LogP contribution in [0.3, 0.4) is 0 Å². The van der Waals surface area contributed by atoms with E-state index in [1.807, 2.05) is 20.0 Å². The van der Waals surface area contributed by atoms with Gasteiger partial charge in [-0.25, -0.2) is 0 Å². The summed E-state index contributed by atoms with van der Waals surface area (Å²) in [6.07, 6.45) is 1.86. The van der Waals surface area contributed by atoms with Crippen LogP contribution < -0.4 is 10.1 Å². The van der Waals surface area contributed by atoms with Gasteiger partial charge in [-0.15, -0.1) is 0 Å². The van der Waals surface area contributed by atoms with E-state index in [-0.39, 0.29) is 11.2 Å². The first kappa shape index (κ1) is 13.4. The van der Waals surface area contributed by atoms with Crippen molar-refractivity contribution in [3.63, 3.8) is 0 Å². The third kappa shape index (κ3) is 2.25. The molecule has 2 rings (SSSR count). The van der Waals surface area contributed by atoms with Crippen LogP contribution in [0.1, 0.15) is 28.8 Å². The molecule has 3 nitrogen and oxygen atoms in total. The summed E-state index contributed by atoms with van der Waals surface area (Å²) < 4.78 is 5.30. The van der Waals surface area contributed by atoms with Crippen molar-refractivity contribution in [2.75, 3.05) is 20.7 Å². The SMILES string of the molecule is CNCC1(C(=O)c2cc(Cl)c(C)cc2OC)CC1. The number of ketones is 1. The Balaban J connectivity index is 2.38. The molecule has 0 atom stereocenters. The minimum Gasteiger partial charge on any atom is -0.496 e. The Kier molecular flexibility index (Phi) is 3.64. The number of benzene rings is 1. The maximum absolute atomic E-state index is 12.6. The molecule has 0 amide bonds. The Bertz CT molecular complexity index is 481. The first-order chi connectivity index (χ1) is 8.54. The molecule has 0 bridgehead atoms. The van der Waals surface area contributed by atoms with Crippen LogP contribution in [0.25, 0.3) is 0 Å². The zero-order valence-electron chi connectivity index (χ0n) is 11.0. The molecule has 1 N–H and O–H groups in total. The van der Waals surface area contributed by atoms with Crippen molar-refractivity contribution in [3.8, 4) is 5.75 Å². The number of rotatable bonds is 5. The standard InChI is InChI=1S/C14H18ClNO2/c1-9-6-12(18-3)10(7-11(9)15)13(17)14(4-5-14)8-16-2/h6-7,16H,4-5,8H2,1-3H3. The van der Waals surface area contributed by atoms with Crippen molar-refractivity contribution in [2.24, 2.45) is 5.41 Å². The Morgan fingerprint density at radius 1 is 1.50 bits per heavy atom. The van der Waals surface area contributed by atoms with Gasteiger partial charge < -0.3 is 10.1 Å². The van der Waals surface area contributed by atoms with Crippen LogP contribution in [0, 0.1) is 12.3 Å². The maximum atomic E-state index is 12.6. The lowest BCUT2D eigenvalue weighted by atomic mass is 9.93. The van der Waals surface area contributed by atoms with Crippen LogP contribution in [0.4, 0.5) is 0 Å². The molecule has 0 saturated heterocycles. The Hall–Kier alpha value is -1.06. The van der Waals surface area contributed by atoms with Gasteiger partial charge in [0.2, 0.25) is 0 Å². The molecule has 0 aromatic heterocycles. The van der Waals surface area contributed by atoms with Crippen LogP contribution in [0.5, 0.6) is 5.75 Å². The van der Waals surface area contributed by atoms with Gasteiger partial charge in [0, 0.05) is 17.0 Å². The van der Waals surface area contributed by atoms with Crippen LogP contribution in [0.15, 0.2) is 12.1 Å². The van der Waals surface area contributed by atoms with Crippen LogP contribution in [0.2, 0.25) is 5.02 Å². The zero-order valence-corrected chi connectivity index (χ0v) is 11.7. The second kappa shape index (κ2) is 4.90. The molecule has 1 aromatic carbocycles. The van der Waals surface area contributed by atoms with Crippen LogP contribution in [-0.2, 0) is 0 Å². The topological polar surface area (TPSA) is 38.3 Å². The van der Waals surface area contributed by atoms with E-state index < -0.39 is 0 Å². The molecule has 1 aromatic rings. The zero-order chi connectivity index (χ0) is 13.3. The average Bonchev–Trinajstić information content (AvgIpc) is 3.12. The monoisotopic (exact) mass is 267 g/mol. The number of hydrogen-bond acceptors (Lipinski definition) is 3. The van der Waals surface area contributed by atoms with Crippen molar-refractivity contribution in [1.82, 2.24) is 5.32 Å². The van der Waals surface area contributed by atoms with E-state index in [1.54, 1.807) is 13.2 Å². The Labute approximate surface area is 112 Å². The van der Waals surface area contributed by atoms with Gasteiger partial charge in [0.15, 0.2) is 5.78 Å². The maximum Gasteiger partial charge on any atom is 0.174 e. The molecule has 1 aliphatic carbocycles. The predicted molar refractivity (Wildman–Crippen MR) is 72.7 cm³/mol. The van der Waals surface area contributed by atoms with Crippen molar-refractivity contribution < 1.29 is 9.53 Å². The molecule has 0 heterocycles. The fraction of sp³-hybridized carbons (Fsp3) is 0.500. The number of methoxy groups -OCH3 is 1. The van der Waals surface area contributed by atoms with Gasteiger partial charge in [-0.05, 0) is 44.5 Å². The third-order valence-corrected chi connectivity index (χ3v) is 3.98. The summed E-state index contributed by atoms with van der Waals surface area (Å²) in [5.74, 6) is 0.750. The predicted octanol–water partition coefficient (Wildman–Crippen LogP) is 2.84. The van der Waals surface area contributed by atoms with E-state index in [0.29, 0.717) is 22.9 Å². The first-order valence-corrected chi connectivity index (χ1v) is 6.45. The lowest BCUT2D eigenvalue weighted by molar-refractivity contribution is 0.0897. The van der Waals surface area contributed by atoms with Crippen molar-refractivity contribution >= 4 is 17.4 Å². The lowest BCUT2D eigenvalue weighted by Gasteiger charge is -2.16. The van der Waals surface area contributed by atoms with E-state index in [9.17, 15) is 4.79 Å². The van der Waals surface area contributed by atoms with Gasteiger partial charge in [0.05, 0.1) is 12.7 Å². The molecule has 1 saturated carbocycles. The summed E-state index contributed by atoms with van der Waals surface area (Å²) in [6, 6.07) is 3.55. The number of aryl methyl sites for hydroxylation is 1. The number of halogens is 1. The number of hydrogen-bond donors (Lipinski definition) is 1. The molecule has 98 valence electrons. The molecule has 1 fully saturated rings. The second-order valence-electron chi connectivity index (χ2n) is 4.94. The normalized spacial score (nSPS) is 16.4. The molecule has 0 aliphatic heterocycles. The number of ether oxygens (including phenoxy) is 1. The highest BCUT2D eigenvalue weighted by Gasteiger charge is 2.49. The summed E-state index contributed by atoms with van der Waals surface area (Å²) in [5.41, 5.74) is 1.27. The van der Waals surface area contributed by atoms with E-state index >= 15 is 0 Å². The van der Waals surface area contributed by atoms with Crippen LogP contribution in [-0.4, -0.2) is 26.5 Å². The summed E-state index contributed by atoms with van der Waals surface area (Å²) in [5, 5.41) is 3.70. The van der Waals surface area contributed by atoms with Gasteiger partial charge in [-0.2, -0.15) is 0 Å². The lowest BCUT2D eigenvalue weighted by Crippen LogP contribution is -2.28. The molecule has 4 heteroatoms. The van der Waals surface area contributed by atoms with E-state index in [0.717, 1.165) is 18.4 Å². The molecule has 0 spiro atoms. The van der Waals surface area contributed by atoms with Crippen LogP contribution >= 0.6 is 11.6 Å². The molecule has 18 heavy (non-hydrogen) atoms. The number of nitrogens with one attached hydrogen (secondary N) is 1. The largest absolute Gasteiger partial charge is 0.496 e. The average molecular weight is 268 g/mol. The van der Waals surface area contributed by atoms with Gasteiger partial charge in [0.25, 0.3) is 0 Å². The Morgan fingerprint density at radius 3 is 2.67 bits per heavy atom. The van der Waals surface area contributed by atoms with Crippen molar-refractivity contribution in [1.29, 1.82) is 0 Å². The smallest absolute Gasteiger partial charge is 0.174 e. The van der Waals surface area contributed by atoms with E-state index in [4.69, 9.17) is 16.3 Å². The minimum atomic E-state index is -0.249. The van der Waals surface area contributed by atoms with Gasteiger partial charge in [-0.1, -0.05) is 11.6 Å². The van der Waals surface area contributed by atoms with Crippen molar-refractivity contribution in [3.05, 3.63) is 28.3 Å². The summed E-state index contributed by atoms with van der Waals surface area (Å²) in [4.78, 5) is 12.6. The summed E-state index contributed by atoms with van der Waals surface area (Å²) >= 11 is 6.11. The fourth-order valence-electron chi connectivity index (χ4n) is 2.26. The Morgan fingerprint density at radius 2 is 2.17 bits per heavy atom. The molecule has 1 aliphatic rings. The van der Waals surface area contributed by atoms with E-state index in [1.165, 1.54) is 0 Å². The highest BCUT2D eigenvalue weighted by Crippen LogP contribution is 2.49. The second-order valence-corrected chi connectivity index (χ2v) is 5.35. The summed E-state index contributed by atoms with van der Waals surface area (Å²) in [6.45, 7) is 2.61. The highest BCUT2D eigenvalue weighted by molar-refractivity contribution is 6.32. The highest BCUT2D eigenvalue weighted by atomic mass is 35.5. The number of Topliss-reactive ketones (excluding diaryl/α,β-unsaturated/α-hetero) is 1. The van der Waals surface area contributed by atoms with E-state index in [2.05, 4.69) is 5.32 Å². The first-order valence-electron chi connectivity index (χ1n) is 6.07. The molecular weight excluding hydrogens is 250 g/mol. The van der Waals surface area contributed by atoms with Crippen molar-refractivity contribution in [2.45, 2.75) is 19.8 Å². The summed E-state index contributed by atoms with van der Waals surface area (Å²) in [7, 11) is 3.45. The molecular formula is C14H18ClNO2. The third-order valence-electron chi connectivity index (χ3n) is 3.58. The fourth-order valence-corrected chi connectivity index (χ4v) is 2.42. The molecule has 0 unspecified atom stereocenters. The molecule has 0 radical (unpaired) electrons. The minimum absolute atomic E-state index is 0.135. The number of carbonyl (C=O) groups is 1. The van der Waals surface area contributed by atoms with Gasteiger partial charge in [0.1, 0.15) is 5.75 Å². The quantitative estimate of drug-likeness (QED) is 0.834. The van der Waals surface area contributed by atoms with Gasteiger partial charge >= 0.3 is 0 Å². The van der Waals surface area contributed by atoms with Gasteiger partial charge in [-0.3, -0.25) is 4.79 Å². The number of carbonyl (C=O) groups excluding carboxylic acids is 1.